The number of carboxylic acid groups (broad SMARTS) is 1. The Hall–Kier alpha value is -2.02. The molecule has 2 N–H and O–H groups in total. The molecule has 1 atom stereocenters. The van der Waals surface area contributed by atoms with Crippen LogP contribution in [-0.4, -0.2) is 36.1 Å². The number of carbonyl (C=O) groups is 1. The lowest BCUT2D eigenvalue weighted by Gasteiger charge is -2.05. The van der Waals surface area contributed by atoms with Gasteiger partial charge in [0.1, 0.15) is 5.75 Å². The second-order valence-electron chi connectivity index (χ2n) is 3.49. The van der Waals surface area contributed by atoms with Crippen LogP contribution in [-0.2, 0) is 10.8 Å². The average molecular weight is 266 g/mol. The van der Waals surface area contributed by atoms with E-state index in [-0.39, 0.29) is 22.2 Å². The molecule has 2 rings (SSSR count). The Kier molecular flexibility index (Phi) is 3.24. The van der Waals surface area contributed by atoms with Gasteiger partial charge in [0, 0.05) is 11.8 Å². The van der Waals surface area contributed by atoms with Crippen LogP contribution in [0.4, 0.5) is 0 Å². The van der Waals surface area contributed by atoms with Crippen LogP contribution in [0.3, 0.4) is 0 Å². The Balaban J connectivity index is 2.76. The standard InChI is InChI=1S/C11H10N2O4S/c1-2-18(17)10-9(11(15)16)12-7-4-3-6(14)5-8(7)13-10/h3-5,14H,2H2,1H3,(H,15,16). The van der Waals surface area contributed by atoms with Crippen LogP contribution in [0.2, 0.25) is 0 Å². The van der Waals surface area contributed by atoms with Crippen molar-refractivity contribution in [3.63, 3.8) is 0 Å². The number of aromatic nitrogens is 2. The monoisotopic (exact) mass is 266 g/mol. The van der Waals surface area contributed by atoms with Gasteiger partial charge in [-0.05, 0) is 12.1 Å². The summed E-state index contributed by atoms with van der Waals surface area (Å²) in [6.07, 6.45) is 0. The number of aromatic carboxylic acids is 1. The normalized spacial score (nSPS) is 12.5. The Labute approximate surface area is 105 Å². The van der Waals surface area contributed by atoms with E-state index in [0.717, 1.165) is 0 Å². The molecule has 0 bridgehead atoms. The van der Waals surface area contributed by atoms with Gasteiger partial charge in [0.15, 0.2) is 10.7 Å². The number of hydrogen-bond acceptors (Lipinski definition) is 5. The highest BCUT2D eigenvalue weighted by molar-refractivity contribution is 7.85. The summed E-state index contributed by atoms with van der Waals surface area (Å²) in [6, 6.07) is 4.20. The van der Waals surface area contributed by atoms with Crippen LogP contribution < -0.4 is 0 Å². The summed E-state index contributed by atoms with van der Waals surface area (Å²) in [6.45, 7) is 1.66. The maximum Gasteiger partial charge on any atom is 0.357 e. The molecule has 18 heavy (non-hydrogen) atoms. The highest BCUT2D eigenvalue weighted by atomic mass is 32.2. The molecule has 0 aliphatic carbocycles. The minimum Gasteiger partial charge on any atom is -0.508 e. The number of hydrogen-bond donors (Lipinski definition) is 2. The third kappa shape index (κ3) is 2.17. The summed E-state index contributed by atoms with van der Waals surface area (Å²) >= 11 is 0. The SMILES string of the molecule is CCS(=O)c1nc2cc(O)ccc2nc1C(=O)O. The van der Waals surface area contributed by atoms with E-state index in [9.17, 15) is 14.1 Å². The first-order valence-electron chi connectivity index (χ1n) is 5.15. The van der Waals surface area contributed by atoms with Crippen LogP contribution in [0.5, 0.6) is 5.75 Å². The zero-order chi connectivity index (χ0) is 13.3. The number of phenolic OH excluding ortho intramolecular Hbond substituents is 1. The number of rotatable bonds is 3. The van der Waals surface area contributed by atoms with Crippen LogP contribution in [0.1, 0.15) is 17.4 Å². The molecule has 1 unspecified atom stereocenters. The van der Waals surface area contributed by atoms with Gasteiger partial charge >= 0.3 is 5.97 Å². The van der Waals surface area contributed by atoms with Gasteiger partial charge in [-0.3, -0.25) is 4.21 Å². The lowest BCUT2D eigenvalue weighted by atomic mass is 10.3. The molecule has 0 amide bonds. The van der Waals surface area contributed by atoms with Crippen molar-refractivity contribution in [1.29, 1.82) is 0 Å². The topological polar surface area (TPSA) is 100 Å². The van der Waals surface area contributed by atoms with Gasteiger partial charge < -0.3 is 10.2 Å². The Morgan fingerprint density at radius 3 is 2.67 bits per heavy atom. The largest absolute Gasteiger partial charge is 0.508 e. The number of carboxylic acids is 1. The molecule has 1 aromatic heterocycles. The molecule has 0 saturated heterocycles. The van der Waals surface area contributed by atoms with E-state index < -0.39 is 16.8 Å². The Morgan fingerprint density at radius 2 is 2.06 bits per heavy atom. The van der Waals surface area contributed by atoms with E-state index in [4.69, 9.17) is 5.11 Å². The van der Waals surface area contributed by atoms with Gasteiger partial charge in [-0.15, -0.1) is 0 Å². The summed E-state index contributed by atoms with van der Waals surface area (Å²) in [4.78, 5) is 19.0. The van der Waals surface area contributed by atoms with Gasteiger partial charge in [-0.2, -0.15) is 0 Å². The van der Waals surface area contributed by atoms with Gasteiger partial charge in [-0.25, -0.2) is 14.8 Å². The Morgan fingerprint density at radius 1 is 1.33 bits per heavy atom. The lowest BCUT2D eigenvalue weighted by Crippen LogP contribution is -2.11. The fourth-order valence-corrected chi connectivity index (χ4v) is 2.28. The molecule has 7 heteroatoms. The summed E-state index contributed by atoms with van der Waals surface area (Å²) < 4.78 is 11.8. The second kappa shape index (κ2) is 4.69. The van der Waals surface area contributed by atoms with Crippen molar-refractivity contribution < 1.29 is 19.2 Å². The quantitative estimate of drug-likeness (QED) is 0.864. The number of benzene rings is 1. The van der Waals surface area contributed by atoms with Gasteiger partial charge in [0.25, 0.3) is 0 Å². The molecule has 0 aliphatic heterocycles. The van der Waals surface area contributed by atoms with E-state index in [1.165, 1.54) is 18.2 Å². The van der Waals surface area contributed by atoms with E-state index in [2.05, 4.69) is 9.97 Å². The first-order chi connectivity index (χ1) is 8.52. The summed E-state index contributed by atoms with van der Waals surface area (Å²) in [5.41, 5.74) is 0.340. The van der Waals surface area contributed by atoms with Crippen LogP contribution in [0.25, 0.3) is 11.0 Å². The molecule has 0 spiro atoms. The van der Waals surface area contributed by atoms with Crippen molar-refractivity contribution in [2.75, 3.05) is 5.75 Å². The molecule has 6 nitrogen and oxygen atoms in total. The number of phenols is 1. The van der Waals surface area contributed by atoms with Crippen molar-refractivity contribution in [3.8, 4) is 5.75 Å². The average Bonchev–Trinajstić information content (AvgIpc) is 2.35. The third-order valence-electron chi connectivity index (χ3n) is 2.30. The van der Waals surface area contributed by atoms with Crippen molar-refractivity contribution >= 4 is 27.8 Å². The molecule has 2 aromatic rings. The first kappa shape index (κ1) is 12.4. The fourth-order valence-electron chi connectivity index (χ4n) is 1.46. The van der Waals surface area contributed by atoms with Crippen LogP contribution in [0.15, 0.2) is 23.2 Å². The number of nitrogens with zero attached hydrogens (tertiary/aromatic N) is 2. The summed E-state index contributed by atoms with van der Waals surface area (Å²) in [5.74, 6) is -1.03. The van der Waals surface area contributed by atoms with E-state index >= 15 is 0 Å². The molecule has 94 valence electrons. The minimum absolute atomic E-state index is 0.00638. The second-order valence-corrected chi connectivity index (χ2v) is 5.14. The first-order valence-corrected chi connectivity index (χ1v) is 6.47. The maximum atomic E-state index is 11.8. The predicted octanol–water partition coefficient (Wildman–Crippen LogP) is 1.16. The van der Waals surface area contributed by atoms with Crippen molar-refractivity contribution in [2.24, 2.45) is 0 Å². The minimum atomic E-state index is -1.52. The predicted molar refractivity (Wildman–Crippen MR) is 65.1 cm³/mol. The summed E-state index contributed by atoms with van der Waals surface area (Å²) in [5, 5.41) is 18.3. The molecule has 1 aromatic carbocycles. The van der Waals surface area contributed by atoms with Crippen LogP contribution in [0, 0.1) is 0 Å². The highest BCUT2D eigenvalue weighted by Crippen LogP contribution is 2.20. The zero-order valence-corrected chi connectivity index (χ0v) is 10.3. The number of aromatic hydroxyl groups is 1. The van der Waals surface area contributed by atoms with Crippen molar-refractivity contribution in [3.05, 3.63) is 23.9 Å². The third-order valence-corrected chi connectivity index (χ3v) is 3.54. The van der Waals surface area contributed by atoms with E-state index in [0.29, 0.717) is 11.0 Å². The van der Waals surface area contributed by atoms with E-state index in [1.807, 2.05) is 0 Å². The molecular weight excluding hydrogens is 256 g/mol. The lowest BCUT2D eigenvalue weighted by molar-refractivity contribution is 0.0685. The molecule has 0 aliphatic rings. The van der Waals surface area contributed by atoms with Gasteiger partial charge in [0.2, 0.25) is 0 Å². The van der Waals surface area contributed by atoms with Crippen LogP contribution >= 0.6 is 0 Å². The Bertz CT molecular complexity index is 657. The van der Waals surface area contributed by atoms with Gasteiger partial charge in [0.05, 0.1) is 21.8 Å². The maximum absolute atomic E-state index is 11.8. The molecule has 0 radical (unpaired) electrons. The van der Waals surface area contributed by atoms with Crippen molar-refractivity contribution in [2.45, 2.75) is 11.9 Å². The van der Waals surface area contributed by atoms with Crippen molar-refractivity contribution in [1.82, 2.24) is 9.97 Å². The molecule has 1 heterocycles. The molecular formula is C11H10N2O4S. The number of fused-ring (bicyclic) bond motifs is 1. The summed E-state index contributed by atoms with van der Waals surface area (Å²) in [7, 11) is -1.52. The van der Waals surface area contributed by atoms with E-state index in [1.54, 1.807) is 6.92 Å². The zero-order valence-electron chi connectivity index (χ0n) is 9.45. The highest BCUT2D eigenvalue weighted by Gasteiger charge is 2.19. The smallest absolute Gasteiger partial charge is 0.357 e. The molecule has 0 fully saturated rings. The van der Waals surface area contributed by atoms with Gasteiger partial charge in [-0.1, -0.05) is 6.92 Å². The fraction of sp³-hybridized carbons (Fsp3) is 0.182. The molecule has 0 saturated carbocycles.